The topological polar surface area (TPSA) is 66.3 Å². The van der Waals surface area contributed by atoms with E-state index in [2.05, 4.69) is 45.2 Å². The number of nitrogens with zero attached hydrogens (tertiary/aromatic N) is 3. The van der Waals surface area contributed by atoms with Crippen molar-refractivity contribution in [2.45, 2.75) is 6.92 Å². The number of aromatic carboxylic acids is 1. The maximum Gasteiger partial charge on any atom is 0.335 e. The minimum absolute atomic E-state index is 0.195. The maximum absolute atomic E-state index is 11.2. The second-order valence-electron chi connectivity index (χ2n) is 6.48. The summed E-state index contributed by atoms with van der Waals surface area (Å²) in [7, 11) is 4.03. The lowest BCUT2D eigenvalue weighted by atomic mass is 10.0. The van der Waals surface area contributed by atoms with Gasteiger partial charge in [-0.05, 0) is 60.0 Å². The molecule has 0 bridgehead atoms. The fourth-order valence-electron chi connectivity index (χ4n) is 2.72. The Bertz CT molecular complexity index is 992. The van der Waals surface area contributed by atoms with E-state index < -0.39 is 5.97 Å². The molecule has 0 unspecified atom stereocenters. The summed E-state index contributed by atoms with van der Waals surface area (Å²) in [5, 5.41) is 9.16. The predicted octanol–water partition coefficient (Wildman–Crippen LogP) is 4.47. The molecule has 0 atom stereocenters. The molecule has 0 aliphatic heterocycles. The summed E-state index contributed by atoms with van der Waals surface area (Å²) in [6.45, 7) is 2.04. The zero-order valence-corrected chi connectivity index (χ0v) is 15.5. The van der Waals surface area contributed by atoms with Crippen molar-refractivity contribution in [3.05, 3.63) is 77.6 Å². The number of aromatic nitrogens is 2. The smallest absolute Gasteiger partial charge is 0.335 e. The summed E-state index contributed by atoms with van der Waals surface area (Å²) in [5.74, 6) is -0.980. The first kappa shape index (κ1) is 18.3. The first-order chi connectivity index (χ1) is 12.9. The molecule has 3 aromatic rings. The van der Waals surface area contributed by atoms with Crippen LogP contribution in [0.3, 0.4) is 0 Å². The van der Waals surface area contributed by atoms with Crippen molar-refractivity contribution in [3.8, 4) is 11.4 Å². The highest BCUT2D eigenvalue weighted by Crippen LogP contribution is 2.23. The van der Waals surface area contributed by atoms with Gasteiger partial charge in [-0.2, -0.15) is 0 Å². The molecule has 2 aromatic heterocycles. The van der Waals surface area contributed by atoms with Crippen LogP contribution in [0.5, 0.6) is 0 Å². The Morgan fingerprint density at radius 2 is 1.48 bits per heavy atom. The lowest BCUT2D eigenvalue weighted by molar-refractivity contribution is 0.0697. The molecule has 3 rings (SSSR count). The van der Waals surface area contributed by atoms with Crippen molar-refractivity contribution >= 4 is 23.3 Å². The SMILES string of the molecule is C/C(=C\c1ccc(N(C)C)cc1)c1ccnc(-c2cc(C(=O)O)ccn2)c1. The Balaban J connectivity index is 1.90. The van der Waals surface area contributed by atoms with Gasteiger partial charge in [0.1, 0.15) is 0 Å². The van der Waals surface area contributed by atoms with Crippen LogP contribution in [0.4, 0.5) is 5.69 Å². The summed E-state index contributed by atoms with van der Waals surface area (Å²) < 4.78 is 0. The second kappa shape index (κ2) is 7.83. The Kier molecular flexibility index (Phi) is 5.31. The molecule has 0 fully saturated rings. The van der Waals surface area contributed by atoms with E-state index in [9.17, 15) is 4.79 Å². The van der Waals surface area contributed by atoms with Crippen molar-refractivity contribution in [1.29, 1.82) is 0 Å². The minimum Gasteiger partial charge on any atom is -0.478 e. The van der Waals surface area contributed by atoms with Gasteiger partial charge in [-0.15, -0.1) is 0 Å². The molecular weight excluding hydrogens is 338 g/mol. The van der Waals surface area contributed by atoms with E-state index in [1.54, 1.807) is 6.20 Å². The summed E-state index contributed by atoms with van der Waals surface area (Å²) >= 11 is 0. The summed E-state index contributed by atoms with van der Waals surface area (Å²) in [6, 6.07) is 15.2. The van der Waals surface area contributed by atoms with Crippen molar-refractivity contribution in [1.82, 2.24) is 9.97 Å². The third-order valence-electron chi connectivity index (χ3n) is 4.28. The number of pyridine rings is 2. The monoisotopic (exact) mass is 359 g/mol. The lowest BCUT2D eigenvalue weighted by Crippen LogP contribution is -2.07. The molecule has 136 valence electrons. The molecule has 1 aromatic carbocycles. The molecule has 0 saturated heterocycles. The van der Waals surface area contributed by atoms with Gasteiger partial charge in [0.2, 0.25) is 0 Å². The van der Waals surface area contributed by atoms with E-state index >= 15 is 0 Å². The fourth-order valence-corrected chi connectivity index (χ4v) is 2.72. The van der Waals surface area contributed by atoms with E-state index in [0.29, 0.717) is 11.4 Å². The molecule has 27 heavy (non-hydrogen) atoms. The highest BCUT2D eigenvalue weighted by atomic mass is 16.4. The van der Waals surface area contributed by atoms with Gasteiger partial charge < -0.3 is 10.0 Å². The number of hydrogen-bond acceptors (Lipinski definition) is 4. The van der Waals surface area contributed by atoms with Crippen molar-refractivity contribution in [2.75, 3.05) is 19.0 Å². The molecular formula is C22H21N3O2. The van der Waals surface area contributed by atoms with Crippen LogP contribution in [0.15, 0.2) is 60.9 Å². The summed E-state index contributed by atoms with van der Waals surface area (Å²) in [4.78, 5) is 21.8. The Morgan fingerprint density at radius 1 is 0.926 bits per heavy atom. The van der Waals surface area contributed by atoms with Crippen LogP contribution in [0.25, 0.3) is 23.0 Å². The fraction of sp³-hybridized carbons (Fsp3) is 0.136. The highest BCUT2D eigenvalue weighted by Gasteiger charge is 2.08. The molecule has 0 amide bonds. The molecule has 5 nitrogen and oxygen atoms in total. The number of carboxylic acid groups (broad SMARTS) is 1. The van der Waals surface area contributed by atoms with E-state index in [-0.39, 0.29) is 5.56 Å². The Labute approximate surface area is 158 Å². The van der Waals surface area contributed by atoms with Crippen molar-refractivity contribution < 1.29 is 9.90 Å². The van der Waals surface area contributed by atoms with E-state index in [0.717, 1.165) is 22.4 Å². The first-order valence-electron chi connectivity index (χ1n) is 8.56. The summed E-state index contributed by atoms with van der Waals surface area (Å²) in [6.07, 6.45) is 5.31. The predicted molar refractivity (Wildman–Crippen MR) is 109 cm³/mol. The van der Waals surface area contributed by atoms with Gasteiger partial charge in [0.25, 0.3) is 0 Å². The quantitative estimate of drug-likeness (QED) is 0.728. The average molecular weight is 359 g/mol. The highest BCUT2D eigenvalue weighted by molar-refractivity contribution is 5.89. The number of carbonyl (C=O) groups is 1. The molecule has 0 radical (unpaired) electrons. The van der Waals surface area contributed by atoms with Crippen molar-refractivity contribution in [2.24, 2.45) is 0 Å². The zero-order chi connectivity index (χ0) is 19.4. The first-order valence-corrected chi connectivity index (χ1v) is 8.56. The number of allylic oxidation sites excluding steroid dienone is 1. The van der Waals surface area contributed by atoms with Crippen LogP contribution in [-0.4, -0.2) is 35.1 Å². The van der Waals surface area contributed by atoms with Crippen LogP contribution in [0, 0.1) is 0 Å². The van der Waals surface area contributed by atoms with Crippen LogP contribution >= 0.6 is 0 Å². The molecule has 0 aliphatic rings. The van der Waals surface area contributed by atoms with Gasteiger partial charge in [0.15, 0.2) is 0 Å². The normalized spacial score (nSPS) is 11.3. The molecule has 1 N–H and O–H groups in total. The molecule has 0 saturated carbocycles. The third-order valence-corrected chi connectivity index (χ3v) is 4.28. The largest absolute Gasteiger partial charge is 0.478 e. The van der Waals surface area contributed by atoms with Crippen LogP contribution < -0.4 is 4.90 Å². The molecule has 0 spiro atoms. The standard InChI is InChI=1S/C22H21N3O2/c1-15(12-16-4-6-19(7-5-16)25(2)3)17-8-10-23-20(13-17)21-14-18(22(26)27)9-11-24-21/h4-14H,1-3H3,(H,26,27)/b15-12+. The van der Waals surface area contributed by atoms with E-state index in [1.165, 1.54) is 18.3 Å². The number of anilines is 1. The number of benzene rings is 1. The van der Waals surface area contributed by atoms with Crippen LogP contribution in [-0.2, 0) is 0 Å². The van der Waals surface area contributed by atoms with E-state index in [4.69, 9.17) is 5.11 Å². The molecule has 0 aliphatic carbocycles. The van der Waals surface area contributed by atoms with Gasteiger partial charge in [-0.3, -0.25) is 9.97 Å². The maximum atomic E-state index is 11.2. The minimum atomic E-state index is -0.980. The van der Waals surface area contributed by atoms with Crippen LogP contribution in [0.2, 0.25) is 0 Å². The summed E-state index contributed by atoms with van der Waals surface area (Å²) in [5.41, 5.74) is 5.75. The van der Waals surface area contributed by atoms with Crippen LogP contribution in [0.1, 0.15) is 28.4 Å². The lowest BCUT2D eigenvalue weighted by Gasteiger charge is -2.12. The van der Waals surface area contributed by atoms with Crippen molar-refractivity contribution in [3.63, 3.8) is 0 Å². The van der Waals surface area contributed by atoms with Gasteiger partial charge in [-0.25, -0.2) is 4.79 Å². The van der Waals surface area contributed by atoms with Gasteiger partial charge >= 0.3 is 5.97 Å². The van der Waals surface area contributed by atoms with Gasteiger partial charge in [-0.1, -0.05) is 18.2 Å². The average Bonchev–Trinajstić information content (AvgIpc) is 2.68. The third kappa shape index (κ3) is 4.39. The number of hydrogen-bond donors (Lipinski definition) is 1. The number of rotatable bonds is 5. The van der Waals surface area contributed by atoms with Gasteiger partial charge in [0.05, 0.1) is 17.0 Å². The molecule has 5 heteroatoms. The zero-order valence-electron chi connectivity index (χ0n) is 15.5. The van der Waals surface area contributed by atoms with E-state index in [1.807, 2.05) is 33.2 Å². The van der Waals surface area contributed by atoms with Gasteiger partial charge in [0, 0.05) is 32.2 Å². The number of carboxylic acids is 1. The second-order valence-corrected chi connectivity index (χ2v) is 6.48. The Morgan fingerprint density at radius 3 is 2.04 bits per heavy atom. The molecule has 2 heterocycles. The Hall–Kier alpha value is -3.47.